The van der Waals surface area contributed by atoms with Gasteiger partial charge >= 0.3 is 0 Å². The number of ketones is 1. The van der Waals surface area contributed by atoms with Crippen LogP contribution >= 0.6 is 11.3 Å². The van der Waals surface area contributed by atoms with E-state index in [0.29, 0.717) is 18.3 Å². The number of rotatable bonds is 7. The number of piperidine rings is 1. The van der Waals surface area contributed by atoms with E-state index in [4.69, 9.17) is 4.74 Å². The first kappa shape index (κ1) is 19.8. The summed E-state index contributed by atoms with van der Waals surface area (Å²) >= 11 is 1.60. The molecule has 0 bridgehead atoms. The molecule has 0 radical (unpaired) electrons. The van der Waals surface area contributed by atoms with Crippen molar-refractivity contribution in [3.8, 4) is 16.2 Å². The third-order valence-electron chi connectivity index (χ3n) is 5.35. The summed E-state index contributed by atoms with van der Waals surface area (Å²) in [6.07, 6.45) is 2.59. The number of nitrogens with one attached hydrogen (secondary N) is 1. The van der Waals surface area contributed by atoms with Crippen molar-refractivity contribution in [3.05, 3.63) is 71.4 Å². The van der Waals surface area contributed by atoms with Gasteiger partial charge in [-0.2, -0.15) is 0 Å². The maximum Gasteiger partial charge on any atom is 0.185 e. The van der Waals surface area contributed by atoms with E-state index in [1.165, 1.54) is 0 Å². The molecule has 1 aliphatic rings. The van der Waals surface area contributed by atoms with Crippen molar-refractivity contribution in [2.75, 3.05) is 13.2 Å². The number of Topliss-reactive ketones (excluding diaryl/α,β-unsaturated/α-hetero) is 1. The number of para-hydroxylation sites is 1. The van der Waals surface area contributed by atoms with Crippen molar-refractivity contribution in [1.29, 1.82) is 0 Å². The fourth-order valence-corrected chi connectivity index (χ4v) is 4.80. The van der Waals surface area contributed by atoms with E-state index in [1.54, 1.807) is 11.3 Å². The molecular weight excluding hydrogens is 380 g/mol. The van der Waals surface area contributed by atoms with Gasteiger partial charge in [0.15, 0.2) is 5.78 Å². The van der Waals surface area contributed by atoms with Crippen LogP contribution in [0.25, 0.3) is 10.4 Å². The summed E-state index contributed by atoms with van der Waals surface area (Å²) in [5.41, 5.74) is 1.72. The fraction of sp³-hybridized carbons (Fsp3) is 0.333. The average Bonchev–Trinajstić information content (AvgIpc) is 3.16. The highest BCUT2D eigenvalue weighted by molar-refractivity contribution is 7.15. The zero-order valence-corrected chi connectivity index (χ0v) is 17.5. The second-order valence-electron chi connectivity index (χ2n) is 7.46. The maximum atomic E-state index is 13.3. The SMILES string of the molecule is Cc1nc(C(=O)C2CCNC(CCOc3ccccc3)C2)c(-c2ccccc2)s1. The summed E-state index contributed by atoms with van der Waals surface area (Å²) in [7, 11) is 0. The lowest BCUT2D eigenvalue weighted by Gasteiger charge is -2.29. The van der Waals surface area contributed by atoms with Gasteiger partial charge in [-0.15, -0.1) is 11.3 Å². The fourth-order valence-electron chi connectivity index (χ4n) is 3.87. The molecule has 0 spiro atoms. The molecule has 2 aromatic carbocycles. The highest BCUT2D eigenvalue weighted by atomic mass is 32.1. The third-order valence-corrected chi connectivity index (χ3v) is 6.37. The number of hydrogen-bond donors (Lipinski definition) is 1. The molecule has 1 saturated heterocycles. The van der Waals surface area contributed by atoms with Gasteiger partial charge in [0.1, 0.15) is 11.4 Å². The molecule has 2 heterocycles. The maximum absolute atomic E-state index is 13.3. The molecule has 4 nitrogen and oxygen atoms in total. The van der Waals surface area contributed by atoms with Crippen molar-refractivity contribution < 1.29 is 9.53 Å². The molecule has 150 valence electrons. The zero-order valence-electron chi connectivity index (χ0n) is 16.6. The molecule has 0 amide bonds. The predicted octanol–water partition coefficient (Wildman–Crippen LogP) is 5.14. The Morgan fingerprint density at radius 2 is 1.86 bits per heavy atom. The molecule has 3 aromatic rings. The van der Waals surface area contributed by atoms with Gasteiger partial charge in [0.05, 0.1) is 16.5 Å². The highest BCUT2D eigenvalue weighted by Crippen LogP contribution is 2.33. The van der Waals surface area contributed by atoms with Crippen LogP contribution in [0, 0.1) is 12.8 Å². The van der Waals surface area contributed by atoms with Crippen LogP contribution in [0.5, 0.6) is 5.75 Å². The monoisotopic (exact) mass is 406 g/mol. The minimum atomic E-state index is 0.0157. The van der Waals surface area contributed by atoms with Crippen LogP contribution in [0.3, 0.4) is 0 Å². The lowest BCUT2D eigenvalue weighted by molar-refractivity contribution is 0.0868. The Balaban J connectivity index is 1.40. The minimum Gasteiger partial charge on any atom is -0.494 e. The topological polar surface area (TPSA) is 51.2 Å². The van der Waals surface area contributed by atoms with Crippen LogP contribution in [-0.4, -0.2) is 30.0 Å². The van der Waals surface area contributed by atoms with Gasteiger partial charge in [0.25, 0.3) is 0 Å². The van der Waals surface area contributed by atoms with Crippen molar-refractivity contribution in [1.82, 2.24) is 10.3 Å². The first-order valence-corrected chi connectivity index (χ1v) is 11.0. The van der Waals surface area contributed by atoms with Crippen molar-refractivity contribution in [2.45, 2.75) is 32.2 Å². The van der Waals surface area contributed by atoms with Gasteiger partial charge in [0, 0.05) is 12.0 Å². The van der Waals surface area contributed by atoms with E-state index >= 15 is 0 Å². The smallest absolute Gasteiger partial charge is 0.185 e. The summed E-state index contributed by atoms with van der Waals surface area (Å²) < 4.78 is 5.83. The summed E-state index contributed by atoms with van der Waals surface area (Å²) in [5.74, 6) is 1.09. The summed E-state index contributed by atoms with van der Waals surface area (Å²) in [6, 6.07) is 20.3. The van der Waals surface area contributed by atoms with E-state index < -0.39 is 0 Å². The van der Waals surface area contributed by atoms with Gasteiger partial charge in [-0.05, 0) is 50.4 Å². The number of hydrogen-bond acceptors (Lipinski definition) is 5. The van der Waals surface area contributed by atoms with E-state index in [1.807, 2.05) is 55.5 Å². The number of aryl methyl sites for hydroxylation is 1. The predicted molar refractivity (Wildman–Crippen MR) is 118 cm³/mol. The molecule has 0 saturated carbocycles. The summed E-state index contributed by atoms with van der Waals surface area (Å²) in [4.78, 5) is 18.9. The van der Waals surface area contributed by atoms with E-state index in [9.17, 15) is 4.79 Å². The highest BCUT2D eigenvalue weighted by Gasteiger charge is 2.30. The van der Waals surface area contributed by atoms with Crippen LogP contribution in [0.2, 0.25) is 0 Å². The first-order valence-electron chi connectivity index (χ1n) is 10.2. The molecule has 1 aliphatic heterocycles. The number of aromatic nitrogens is 1. The molecule has 2 atom stereocenters. The molecule has 5 heteroatoms. The number of nitrogens with zero attached hydrogens (tertiary/aromatic N) is 1. The molecule has 29 heavy (non-hydrogen) atoms. The molecule has 2 unspecified atom stereocenters. The van der Waals surface area contributed by atoms with Gasteiger partial charge in [0.2, 0.25) is 0 Å². The number of carbonyl (C=O) groups is 1. The van der Waals surface area contributed by atoms with E-state index in [0.717, 1.165) is 47.0 Å². The Morgan fingerprint density at radius 1 is 1.14 bits per heavy atom. The van der Waals surface area contributed by atoms with Gasteiger partial charge in [-0.3, -0.25) is 4.79 Å². The minimum absolute atomic E-state index is 0.0157. The van der Waals surface area contributed by atoms with Crippen LogP contribution in [0.4, 0.5) is 0 Å². The molecule has 0 aliphatic carbocycles. The number of ether oxygens (including phenoxy) is 1. The number of thiazole rings is 1. The van der Waals surface area contributed by atoms with E-state index in [-0.39, 0.29) is 11.7 Å². The molecule has 1 fully saturated rings. The standard InChI is InChI=1S/C24H26N2O2S/c1-17-26-22(24(29-17)18-8-4-2-5-9-18)23(27)19-12-14-25-20(16-19)13-15-28-21-10-6-3-7-11-21/h2-11,19-20,25H,12-16H2,1H3. The second-order valence-corrected chi connectivity index (χ2v) is 8.67. The second kappa shape index (κ2) is 9.33. The van der Waals surface area contributed by atoms with Gasteiger partial charge in [-0.25, -0.2) is 4.98 Å². The van der Waals surface area contributed by atoms with E-state index in [2.05, 4.69) is 22.4 Å². The third kappa shape index (κ3) is 4.92. The Labute approximate surface area is 176 Å². The van der Waals surface area contributed by atoms with Gasteiger partial charge in [-0.1, -0.05) is 48.5 Å². The van der Waals surface area contributed by atoms with Crippen LogP contribution in [0.15, 0.2) is 60.7 Å². The Hall–Kier alpha value is -2.50. The zero-order chi connectivity index (χ0) is 20.1. The quantitative estimate of drug-likeness (QED) is 0.552. The average molecular weight is 407 g/mol. The lowest BCUT2D eigenvalue weighted by Crippen LogP contribution is -2.41. The molecule has 1 aromatic heterocycles. The normalized spacial score (nSPS) is 19.1. The largest absolute Gasteiger partial charge is 0.494 e. The van der Waals surface area contributed by atoms with Crippen molar-refractivity contribution in [3.63, 3.8) is 0 Å². The van der Waals surface area contributed by atoms with Crippen molar-refractivity contribution in [2.24, 2.45) is 5.92 Å². The van der Waals surface area contributed by atoms with Gasteiger partial charge < -0.3 is 10.1 Å². The number of carbonyl (C=O) groups excluding carboxylic acids is 1. The summed E-state index contributed by atoms with van der Waals surface area (Å²) in [6.45, 7) is 3.48. The number of benzene rings is 2. The molecule has 1 N–H and O–H groups in total. The molecule has 4 rings (SSSR count). The Bertz CT molecular complexity index is 940. The van der Waals surface area contributed by atoms with Crippen LogP contribution in [0.1, 0.15) is 34.8 Å². The summed E-state index contributed by atoms with van der Waals surface area (Å²) in [5, 5.41) is 4.48. The van der Waals surface area contributed by atoms with Crippen LogP contribution < -0.4 is 10.1 Å². The Morgan fingerprint density at radius 3 is 2.62 bits per heavy atom. The Kier molecular flexibility index (Phi) is 6.37. The van der Waals surface area contributed by atoms with Crippen LogP contribution in [-0.2, 0) is 0 Å². The first-order chi connectivity index (χ1) is 14.2. The molecular formula is C24H26N2O2S. The van der Waals surface area contributed by atoms with Crippen molar-refractivity contribution >= 4 is 17.1 Å². The lowest BCUT2D eigenvalue weighted by atomic mass is 9.86.